The molecular formula is C7H6N2O2. The highest BCUT2D eigenvalue weighted by atomic mass is 16.7. The summed E-state index contributed by atoms with van der Waals surface area (Å²) in [4.78, 5) is 17.6. The number of nitrogens with zero attached hydrogens (tertiary/aromatic N) is 2. The van der Waals surface area contributed by atoms with E-state index in [0.29, 0.717) is 0 Å². The molecule has 0 radical (unpaired) electrons. The van der Waals surface area contributed by atoms with E-state index in [2.05, 4.69) is 15.0 Å². The van der Waals surface area contributed by atoms with Crippen LogP contribution in [0.1, 0.15) is 5.56 Å². The molecule has 0 aromatic carbocycles. The molecule has 0 aliphatic rings. The number of oxime groups is 1. The third kappa shape index (κ3) is 2.57. The predicted octanol–water partition coefficient (Wildman–Crippen LogP) is 0.589. The molecule has 0 aliphatic carbocycles. The third-order valence-corrected chi connectivity index (χ3v) is 1.01. The van der Waals surface area contributed by atoms with Crippen molar-refractivity contribution in [2.24, 2.45) is 5.16 Å². The van der Waals surface area contributed by atoms with Gasteiger partial charge >= 0.3 is 6.47 Å². The first-order valence-corrected chi connectivity index (χ1v) is 2.96. The molecule has 4 nitrogen and oxygen atoms in total. The van der Waals surface area contributed by atoms with Crippen molar-refractivity contribution in [3.8, 4) is 0 Å². The lowest BCUT2D eigenvalue weighted by atomic mass is 10.3. The lowest BCUT2D eigenvalue weighted by Crippen LogP contribution is -1.82. The Labute approximate surface area is 63.5 Å². The van der Waals surface area contributed by atoms with Gasteiger partial charge in [-0.05, 0) is 17.7 Å². The zero-order chi connectivity index (χ0) is 7.94. The highest BCUT2D eigenvalue weighted by Gasteiger charge is 1.82. The van der Waals surface area contributed by atoms with E-state index in [1.54, 1.807) is 24.5 Å². The van der Waals surface area contributed by atoms with Crippen LogP contribution in [-0.2, 0) is 9.63 Å². The number of hydrogen-bond donors (Lipinski definition) is 0. The van der Waals surface area contributed by atoms with E-state index < -0.39 is 0 Å². The first kappa shape index (κ1) is 7.40. The van der Waals surface area contributed by atoms with E-state index in [-0.39, 0.29) is 6.47 Å². The van der Waals surface area contributed by atoms with Gasteiger partial charge in [-0.15, -0.1) is 0 Å². The minimum atomic E-state index is 0.262. The summed E-state index contributed by atoms with van der Waals surface area (Å²) in [6.07, 6.45) is 4.68. The molecule has 11 heavy (non-hydrogen) atoms. The van der Waals surface area contributed by atoms with Gasteiger partial charge in [0.05, 0.1) is 6.21 Å². The number of carbonyl (C=O) groups is 1. The summed E-state index contributed by atoms with van der Waals surface area (Å²) >= 11 is 0. The van der Waals surface area contributed by atoms with Crippen molar-refractivity contribution in [2.45, 2.75) is 0 Å². The van der Waals surface area contributed by atoms with E-state index >= 15 is 0 Å². The summed E-state index contributed by atoms with van der Waals surface area (Å²) < 4.78 is 0. The molecule has 4 heteroatoms. The highest BCUT2D eigenvalue weighted by Crippen LogP contribution is 1.90. The molecule has 0 spiro atoms. The molecule has 0 fully saturated rings. The average Bonchev–Trinajstić information content (AvgIpc) is 2.07. The van der Waals surface area contributed by atoms with Crippen LogP contribution >= 0.6 is 0 Å². The molecule has 1 rings (SSSR count). The fraction of sp³-hybridized carbons (Fsp3) is 0. The van der Waals surface area contributed by atoms with Crippen LogP contribution in [0, 0.1) is 0 Å². The number of hydrogen-bond acceptors (Lipinski definition) is 4. The van der Waals surface area contributed by atoms with Gasteiger partial charge in [-0.25, -0.2) is 0 Å². The Hall–Kier alpha value is -1.71. The summed E-state index contributed by atoms with van der Waals surface area (Å²) in [6.45, 7) is 0.262. The Morgan fingerprint density at radius 1 is 1.45 bits per heavy atom. The van der Waals surface area contributed by atoms with Gasteiger partial charge < -0.3 is 4.84 Å². The lowest BCUT2D eigenvalue weighted by molar-refractivity contribution is -0.128. The zero-order valence-electron chi connectivity index (χ0n) is 5.68. The summed E-state index contributed by atoms with van der Waals surface area (Å²) in [5.41, 5.74) is 0.835. The maximum atomic E-state index is 9.65. The molecule has 1 heterocycles. The Balaban J connectivity index is 2.57. The van der Waals surface area contributed by atoms with Crippen LogP contribution in [-0.4, -0.2) is 17.7 Å². The van der Waals surface area contributed by atoms with Gasteiger partial charge in [0.2, 0.25) is 0 Å². The topological polar surface area (TPSA) is 51.5 Å². The van der Waals surface area contributed by atoms with Crippen molar-refractivity contribution in [3.05, 3.63) is 30.1 Å². The second-order valence-electron chi connectivity index (χ2n) is 1.72. The van der Waals surface area contributed by atoms with Crippen LogP contribution < -0.4 is 0 Å². The van der Waals surface area contributed by atoms with Crippen molar-refractivity contribution in [1.82, 2.24) is 4.98 Å². The quantitative estimate of drug-likeness (QED) is 0.274. The molecule has 0 unspecified atom stereocenters. The molecule has 0 saturated heterocycles. The van der Waals surface area contributed by atoms with Crippen LogP contribution in [0.15, 0.2) is 29.7 Å². The lowest BCUT2D eigenvalue weighted by Gasteiger charge is -1.87. The smallest absolute Gasteiger partial charge is 0.322 e. The summed E-state index contributed by atoms with van der Waals surface area (Å²) in [6, 6.07) is 3.50. The number of pyridine rings is 1. The van der Waals surface area contributed by atoms with Crippen molar-refractivity contribution in [2.75, 3.05) is 0 Å². The van der Waals surface area contributed by atoms with Crippen LogP contribution in [0.3, 0.4) is 0 Å². The minimum Gasteiger partial charge on any atom is -0.322 e. The summed E-state index contributed by atoms with van der Waals surface area (Å²) in [7, 11) is 0. The molecule has 0 saturated carbocycles. The maximum absolute atomic E-state index is 9.65. The number of rotatable bonds is 3. The average molecular weight is 150 g/mol. The van der Waals surface area contributed by atoms with Crippen molar-refractivity contribution in [3.63, 3.8) is 0 Å². The van der Waals surface area contributed by atoms with Gasteiger partial charge in [-0.3, -0.25) is 9.78 Å². The second kappa shape index (κ2) is 4.16. The van der Waals surface area contributed by atoms with Gasteiger partial charge in [0, 0.05) is 12.4 Å². The predicted molar refractivity (Wildman–Crippen MR) is 39.0 cm³/mol. The first-order chi connectivity index (χ1) is 5.43. The third-order valence-electron chi connectivity index (χ3n) is 1.01. The van der Waals surface area contributed by atoms with Crippen LogP contribution in [0.2, 0.25) is 0 Å². The first-order valence-electron chi connectivity index (χ1n) is 2.96. The molecular weight excluding hydrogens is 144 g/mol. The number of carbonyl (C=O) groups excluding carboxylic acids is 1. The number of aromatic nitrogens is 1. The maximum Gasteiger partial charge on any atom is 0.323 e. The Bertz CT molecular complexity index is 246. The van der Waals surface area contributed by atoms with Gasteiger partial charge in [0.25, 0.3) is 0 Å². The van der Waals surface area contributed by atoms with Gasteiger partial charge in [-0.1, -0.05) is 5.16 Å². The van der Waals surface area contributed by atoms with E-state index in [9.17, 15) is 4.79 Å². The van der Waals surface area contributed by atoms with Crippen molar-refractivity contribution >= 4 is 12.7 Å². The fourth-order valence-electron chi connectivity index (χ4n) is 0.566. The molecule has 56 valence electrons. The molecule has 0 amide bonds. The molecule has 0 N–H and O–H groups in total. The van der Waals surface area contributed by atoms with Crippen LogP contribution in [0.4, 0.5) is 0 Å². The van der Waals surface area contributed by atoms with Crippen LogP contribution in [0.25, 0.3) is 0 Å². The largest absolute Gasteiger partial charge is 0.323 e. The molecule has 0 bridgehead atoms. The standard InChI is InChI=1S/C7H6N2O2/c10-6-11-9-5-7-1-3-8-4-2-7/h1-6H/b9-5+. The summed E-state index contributed by atoms with van der Waals surface area (Å²) in [5.74, 6) is 0. The fourth-order valence-corrected chi connectivity index (χ4v) is 0.566. The molecule has 1 aromatic rings. The summed E-state index contributed by atoms with van der Waals surface area (Å²) in [5, 5.41) is 3.34. The molecule has 0 atom stereocenters. The van der Waals surface area contributed by atoms with Crippen LogP contribution in [0.5, 0.6) is 0 Å². The molecule has 0 aliphatic heterocycles. The minimum absolute atomic E-state index is 0.262. The molecule has 1 aromatic heterocycles. The highest BCUT2D eigenvalue weighted by molar-refractivity contribution is 5.78. The normalized spacial score (nSPS) is 9.82. The van der Waals surface area contributed by atoms with Crippen molar-refractivity contribution < 1.29 is 9.63 Å². The Kier molecular flexibility index (Phi) is 2.80. The van der Waals surface area contributed by atoms with E-state index in [0.717, 1.165) is 5.56 Å². The SMILES string of the molecule is O=CO/N=C/c1ccncc1. The van der Waals surface area contributed by atoms with Gasteiger partial charge in [0.1, 0.15) is 0 Å². The van der Waals surface area contributed by atoms with E-state index in [4.69, 9.17) is 0 Å². The van der Waals surface area contributed by atoms with Crippen molar-refractivity contribution in [1.29, 1.82) is 0 Å². The zero-order valence-corrected chi connectivity index (χ0v) is 5.68. The van der Waals surface area contributed by atoms with E-state index in [1.807, 2.05) is 0 Å². The van der Waals surface area contributed by atoms with E-state index in [1.165, 1.54) is 6.21 Å². The van der Waals surface area contributed by atoms with Gasteiger partial charge in [0.15, 0.2) is 0 Å². The second-order valence-corrected chi connectivity index (χ2v) is 1.72. The van der Waals surface area contributed by atoms with Gasteiger partial charge in [-0.2, -0.15) is 0 Å². The Morgan fingerprint density at radius 2 is 2.18 bits per heavy atom. The monoisotopic (exact) mass is 150 g/mol. The Morgan fingerprint density at radius 3 is 2.82 bits per heavy atom.